The molecule has 0 bridgehead atoms. The molecule has 176 valence electrons. The molecule has 0 spiro atoms. The highest BCUT2D eigenvalue weighted by Gasteiger charge is 2.00. The van der Waals surface area contributed by atoms with Gasteiger partial charge in [0.15, 0.2) is 0 Å². The Kier molecular flexibility index (Phi) is 24.1. The van der Waals surface area contributed by atoms with Crippen molar-refractivity contribution in [2.24, 2.45) is 0 Å². The summed E-state index contributed by atoms with van der Waals surface area (Å²) in [4.78, 5) is 4.32. The average molecular weight is 431 g/mol. The number of aromatic nitrogens is 2. The van der Waals surface area contributed by atoms with Crippen molar-refractivity contribution in [3.63, 3.8) is 0 Å². The number of para-hydroxylation sites is 2. The third-order valence-corrected chi connectivity index (χ3v) is 3.67. The summed E-state index contributed by atoms with van der Waals surface area (Å²) in [5.41, 5.74) is 3.47. The Balaban J connectivity index is 0. The average Bonchev–Trinajstić information content (AvgIpc) is 3.28. The van der Waals surface area contributed by atoms with E-state index in [0.717, 1.165) is 44.9 Å². The van der Waals surface area contributed by atoms with E-state index in [2.05, 4.69) is 34.7 Å². The topological polar surface area (TPSA) is 36.3 Å². The van der Waals surface area contributed by atoms with Crippen LogP contribution in [0.3, 0.4) is 0 Å². The number of benzene rings is 2. The lowest BCUT2D eigenvalue weighted by atomic mass is 10.2. The van der Waals surface area contributed by atoms with Gasteiger partial charge in [-0.15, -0.1) is 0 Å². The second-order valence-corrected chi connectivity index (χ2v) is 5.66. The summed E-state index contributed by atoms with van der Waals surface area (Å²) >= 11 is 0. The molecule has 0 aliphatic rings. The predicted molar refractivity (Wildman–Crippen MR) is 137 cm³/mol. The van der Waals surface area contributed by atoms with Gasteiger partial charge in [-0.1, -0.05) is 90.9 Å². The van der Waals surface area contributed by atoms with E-state index < -0.39 is 0 Å². The normalized spacial score (nSPS) is 9.03. The van der Waals surface area contributed by atoms with E-state index in [1.165, 1.54) is 11.1 Å². The largest absolute Gasteiger partial charge is 0.380 e. The molecule has 1 aromatic heterocycles. The lowest BCUT2D eigenvalue weighted by Gasteiger charge is -2.04. The van der Waals surface area contributed by atoms with Gasteiger partial charge in [0.25, 0.3) is 0 Å². The Bertz CT molecular complexity index is 711. The Morgan fingerprint density at radius 2 is 1.35 bits per heavy atom. The maximum Gasteiger partial charge on any atom is 0.0959 e. The van der Waals surface area contributed by atoms with Crippen LogP contribution in [0.4, 0.5) is 0 Å². The highest BCUT2D eigenvalue weighted by molar-refractivity contribution is 5.74. The summed E-state index contributed by atoms with van der Waals surface area (Å²) < 4.78 is 12.8. The van der Waals surface area contributed by atoms with Crippen molar-refractivity contribution >= 4 is 11.0 Å². The zero-order valence-electron chi connectivity index (χ0n) is 21.2. The smallest absolute Gasteiger partial charge is 0.0959 e. The van der Waals surface area contributed by atoms with E-state index in [1.54, 1.807) is 0 Å². The van der Waals surface area contributed by atoms with Crippen molar-refractivity contribution in [1.82, 2.24) is 9.55 Å². The fraction of sp³-hybridized carbons (Fsp3) is 0.519. The summed E-state index contributed by atoms with van der Waals surface area (Å²) in [6.07, 6.45) is 2.95. The summed E-state index contributed by atoms with van der Waals surface area (Å²) in [5.74, 6) is 0. The van der Waals surface area contributed by atoms with Gasteiger partial charge in [-0.05, 0) is 31.0 Å². The number of hydrogen-bond acceptors (Lipinski definition) is 3. The highest BCUT2D eigenvalue weighted by atomic mass is 16.5. The molecule has 3 rings (SSSR count). The van der Waals surface area contributed by atoms with Crippen molar-refractivity contribution in [2.75, 3.05) is 19.8 Å². The SMILES string of the molecule is CC.CC.CC.CCCOCCn1cnc2ccccc21.CCOCc1ccccc1. The minimum Gasteiger partial charge on any atom is -0.380 e. The summed E-state index contributed by atoms with van der Waals surface area (Å²) in [6, 6.07) is 18.3. The van der Waals surface area contributed by atoms with Gasteiger partial charge in [-0.3, -0.25) is 0 Å². The minimum absolute atomic E-state index is 0.733. The molecular weight excluding hydrogens is 384 g/mol. The maximum absolute atomic E-state index is 5.46. The van der Waals surface area contributed by atoms with Crippen molar-refractivity contribution in [3.8, 4) is 0 Å². The van der Waals surface area contributed by atoms with Crippen LogP contribution < -0.4 is 0 Å². The first kappa shape index (κ1) is 31.0. The van der Waals surface area contributed by atoms with Crippen LogP contribution in [0.5, 0.6) is 0 Å². The molecule has 0 saturated carbocycles. The molecule has 0 N–H and O–H groups in total. The Hall–Kier alpha value is -2.17. The summed E-state index contributed by atoms with van der Waals surface area (Å²) in [6.45, 7) is 20.1. The number of nitrogens with zero attached hydrogens (tertiary/aromatic N) is 2. The van der Waals surface area contributed by atoms with Gasteiger partial charge in [-0.25, -0.2) is 4.98 Å². The molecule has 4 nitrogen and oxygen atoms in total. The lowest BCUT2D eigenvalue weighted by molar-refractivity contribution is 0.127. The molecule has 31 heavy (non-hydrogen) atoms. The second-order valence-electron chi connectivity index (χ2n) is 5.66. The van der Waals surface area contributed by atoms with Gasteiger partial charge in [0.2, 0.25) is 0 Å². The van der Waals surface area contributed by atoms with Crippen LogP contribution >= 0.6 is 0 Å². The lowest BCUT2D eigenvalue weighted by Crippen LogP contribution is -2.05. The van der Waals surface area contributed by atoms with Crippen molar-refractivity contribution < 1.29 is 9.47 Å². The van der Waals surface area contributed by atoms with E-state index in [-0.39, 0.29) is 0 Å². The monoisotopic (exact) mass is 430 g/mol. The molecule has 3 aromatic rings. The molecule has 0 aliphatic heterocycles. The molecule has 0 fully saturated rings. The highest BCUT2D eigenvalue weighted by Crippen LogP contribution is 2.11. The standard InChI is InChI=1S/C12H16N2O.C9H12O.3C2H6/c1-2-8-15-9-7-14-10-13-11-5-3-4-6-12(11)14;1-2-10-8-9-6-4-3-5-7-9;3*1-2/h3-6,10H,2,7-9H2,1H3;3-7H,2,8H2,1H3;3*1-2H3. The molecular formula is C27H46N2O2. The van der Waals surface area contributed by atoms with Crippen molar-refractivity contribution in [1.29, 1.82) is 0 Å². The van der Waals surface area contributed by atoms with Gasteiger partial charge >= 0.3 is 0 Å². The molecule has 0 radical (unpaired) electrons. The molecule has 0 aliphatic carbocycles. The van der Waals surface area contributed by atoms with Crippen LogP contribution in [0, 0.1) is 0 Å². The fourth-order valence-electron chi connectivity index (χ4n) is 2.39. The Morgan fingerprint density at radius 3 is 1.97 bits per heavy atom. The maximum atomic E-state index is 5.46. The molecule has 0 saturated heterocycles. The van der Waals surface area contributed by atoms with Crippen LogP contribution in [0.2, 0.25) is 0 Å². The quantitative estimate of drug-likeness (QED) is 0.342. The third kappa shape index (κ3) is 14.5. The van der Waals surface area contributed by atoms with Crippen molar-refractivity contribution in [3.05, 3.63) is 66.5 Å². The molecule has 0 atom stereocenters. The van der Waals surface area contributed by atoms with E-state index in [4.69, 9.17) is 9.47 Å². The zero-order valence-corrected chi connectivity index (χ0v) is 21.2. The van der Waals surface area contributed by atoms with Gasteiger partial charge in [0, 0.05) is 19.8 Å². The molecule has 0 unspecified atom stereocenters. The number of rotatable bonds is 8. The number of hydrogen-bond donors (Lipinski definition) is 0. The fourth-order valence-corrected chi connectivity index (χ4v) is 2.39. The van der Waals surface area contributed by atoms with Gasteiger partial charge < -0.3 is 14.0 Å². The molecule has 4 heteroatoms. The molecule has 2 aromatic carbocycles. The first-order valence-corrected chi connectivity index (χ1v) is 11.9. The van der Waals surface area contributed by atoms with Gasteiger partial charge in [0.05, 0.1) is 30.6 Å². The zero-order chi connectivity index (χ0) is 23.7. The Labute approximate surface area is 191 Å². The Morgan fingerprint density at radius 1 is 0.742 bits per heavy atom. The minimum atomic E-state index is 0.733. The van der Waals surface area contributed by atoms with Crippen LogP contribution in [0.15, 0.2) is 60.9 Å². The van der Waals surface area contributed by atoms with E-state index >= 15 is 0 Å². The molecule has 1 heterocycles. The predicted octanol–water partition coefficient (Wildman–Crippen LogP) is 7.76. The van der Waals surface area contributed by atoms with Gasteiger partial charge in [-0.2, -0.15) is 0 Å². The number of imidazole rings is 1. The van der Waals surface area contributed by atoms with E-state index in [0.29, 0.717) is 0 Å². The second kappa shape index (κ2) is 24.1. The first-order valence-electron chi connectivity index (χ1n) is 11.9. The van der Waals surface area contributed by atoms with Gasteiger partial charge in [0.1, 0.15) is 0 Å². The number of ether oxygens (including phenoxy) is 2. The van der Waals surface area contributed by atoms with Crippen LogP contribution in [0.25, 0.3) is 11.0 Å². The van der Waals surface area contributed by atoms with Crippen LogP contribution in [0.1, 0.15) is 67.4 Å². The van der Waals surface area contributed by atoms with E-state index in [1.807, 2.05) is 91.2 Å². The summed E-state index contributed by atoms with van der Waals surface area (Å²) in [5, 5.41) is 0. The van der Waals surface area contributed by atoms with Crippen LogP contribution in [-0.2, 0) is 22.6 Å². The third-order valence-electron chi connectivity index (χ3n) is 3.67. The van der Waals surface area contributed by atoms with E-state index in [9.17, 15) is 0 Å². The van der Waals surface area contributed by atoms with Crippen LogP contribution in [-0.4, -0.2) is 29.4 Å². The summed E-state index contributed by atoms with van der Waals surface area (Å²) in [7, 11) is 0. The number of fused-ring (bicyclic) bond motifs is 1. The van der Waals surface area contributed by atoms with Crippen molar-refractivity contribution in [2.45, 2.75) is 75.0 Å². The molecule has 0 amide bonds. The first-order chi connectivity index (χ1) is 15.3.